The van der Waals surface area contributed by atoms with Gasteiger partial charge in [-0.3, -0.25) is 0 Å². The standard InChI is InChI=1S/C14H17NO2/c1-10-3-5-13(6-4-10)16-9-14-7-12(8-15)11(2)17-14/h3-7H,8-9,15H2,1-2H3. The summed E-state index contributed by atoms with van der Waals surface area (Å²) < 4.78 is 11.2. The van der Waals surface area contributed by atoms with Crippen molar-refractivity contribution in [3.05, 3.63) is 53.0 Å². The summed E-state index contributed by atoms with van der Waals surface area (Å²) in [6.45, 7) is 4.90. The number of furan rings is 1. The molecule has 1 heterocycles. The highest BCUT2D eigenvalue weighted by molar-refractivity contribution is 5.27. The van der Waals surface area contributed by atoms with Crippen LogP contribution >= 0.6 is 0 Å². The Kier molecular flexibility index (Phi) is 3.49. The van der Waals surface area contributed by atoms with Gasteiger partial charge in [-0.1, -0.05) is 17.7 Å². The first-order chi connectivity index (χ1) is 8.19. The minimum absolute atomic E-state index is 0.434. The second-order valence-electron chi connectivity index (χ2n) is 4.10. The number of ether oxygens (including phenoxy) is 1. The van der Waals surface area contributed by atoms with Crippen LogP contribution in [0.4, 0.5) is 0 Å². The van der Waals surface area contributed by atoms with Crippen LogP contribution in [-0.2, 0) is 13.2 Å². The molecule has 90 valence electrons. The zero-order valence-corrected chi connectivity index (χ0v) is 10.2. The molecule has 0 atom stereocenters. The largest absolute Gasteiger partial charge is 0.486 e. The predicted molar refractivity (Wildman–Crippen MR) is 66.8 cm³/mol. The second kappa shape index (κ2) is 5.06. The van der Waals surface area contributed by atoms with Crippen molar-refractivity contribution < 1.29 is 9.15 Å². The Bertz CT molecular complexity index is 485. The molecule has 0 radical (unpaired) electrons. The first kappa shape index (κ1) is 11.7. The number of hydrogen-bond acceptors (Lipinski definition) is 3. The van der Waals surface area contributed by atoms with Gasteiger partial charge in [0.05, 0.1) is 0 Å². The molecule has 0 fully saturated rings. The fourth-order valence-electron chi connectivity index (χ4n) is 1.65. The molecule has 0 aliphatic rings. The quantitative estimate of drug-likeness (QED) is 0.880. The maximum absolute atomic E-state index is 5.63. The molecule has 0 amide bonds. The van der Waals surface area contributed by atoms with Crippen LogP contribution in [0.1, 0.15) is 22.6 Å². The van der Waals surface area contributed by atoms with Gasteiger partial charge in [-0.05, 0) is 32.0 Å². The Labute approximate surface area is 101 Å². The summed E-state index contributed by atoms with van der Waals surface area (Å²) in [6.07, 6.45) is 0. The first-order valence-electron chi connectivity index (χ1n) is 5.67. The summed E-state index contributed by atoms with van der Waals surface area (Å²) in [6, 6.07) is 9.90. The van der Waals surface area contributed by atoms with Gasteiger partial charge >= 0.3 is 0 Å². The van der Waals surface area contributed by atoms with Gasteiger partial charge in [0.15, 0.2) is 0 Å². The van der Waals surface area contributed by atoms with Crippen LogP contribution in [0, 0.1) is 13.8 Å². The van der Waals surface area contributed by atoms with E-state index in [4.69, 9.17) is 14.9 Å². The van der Waals surface area contributed by atoms with Crippen LogP contribution in [0.25, 0.3) is 0 Å². The third kappa shape index (κ3) is 2.88. The molecule has 0 bridgehead atoms. The van der Waals surface area contributed by atoms with E-state index >= 15 is 0 Å². The lowest BCUT2D eigenvalue weighted by atomic mass is 10.2. The average molecular weight is 231 g/mol. The fourth-order valence-corrected chi connectivity index (χ4v) is 1.65. The van der Waals surface area contributed by atoms with Crippen LogP contribution in [0.3, 0.4) is 0 Å². The normalized spacial score (nSPS) is 10.5. The molecule has 1 aromatic heterocycles. The molecule has 1 aromatic carbocycles. The van der Waals surface area contributed by atoms with E-state index in [9.17, 15) is 0 Å². The highest BCUT2D eigenvalue weighted by Crippen LogP contribution is 2.17. The van der Waals surface area contributed by atoms with Gasteiger partial charge in [0, 0.05) is 12.1 Å². The molecule has 17 heavy (non-hydrogen) atoms. The molecular formula is C14H17NO2. The minimum Gasteiger partial charge on any atom is -0.486 e. The van der Waals surface area contributed by atoms with Gasteiger partial charge in [0.2, 0.25) is 0 Å². The Morgan fingerprint density at radius 2 is 1.88 bits per heavy atom. The lowest BCUT2D eigenvalue weighted by molar-refractivity contribution is 0.267. The van der Waals surface area contributed by atoms with Gasteiger partial charge in [0.25, 0.3) is 0 Å². The van der Waals surface area contributed by atoms with Gasteiger partial charge in [-0.2, -0.15) is 0 Å². The Balaban J connectivity index is 1.99. The molecule has 0 aliphatic heterocycles. The molecule has 0 unspecified atom stereocenters. The summed E-state index contributed by atoms with van der Waals surface area (Å²) >= 11 is 0. The van der Waals surface area contributed by atoms with E-state index in [1.807, 2.05) is 44.2 Å². The van der Waals surface area contributed by atoms with Gasteiger partial charge in [-0.15, -0.1) is 0 Å². The number of aryl methyl sites for hydroxylation is 2. The Morgan fingerprint density at radius 1 is 1.18 bits per heavy atom. The van der Waals surface area contributed by atoms with Crippen molar-refractivity contribution in [3.8, 4) is 5.75 Å². The monoisotopic (exact) mass is 231 g/mol. The molecule has 0 saturated carbocycles. The maximum atomic E-state index is 5.63. The van der Waals surface area contributed by atoms with E-state index in [0.29, 0.717) is 13.2 Å². The van der Waals surface area contributed by atoms with Crippen LogP contribution in [0.5, 0.6) is 5.75 Å². The molecule has 2 N–H and O–H groups in total. The Hall–Kier alpha value is -1.74. The average Bonchev–Trinajstić information content (AvgIpc) is 2.69. The van der Waals surface area contributed by atoms with Crippen molar-refractivity contribution in [2.45, 2.75) is 27.0 Å². The SMILES string of the molecule is Cc1ccc(OCc2cc(CN)c(C)o2)cc1. The van der Waals surface area contributed by atoms with E-state index in [-0.39, 0.29) is 0 Å². The molecule has 0 spiro atoms. The smallest absolute Gasteiger partial charge is 0.146 e. The minimum atomic E-state index is 0.434. The summed E-state index contributed by atoms with van der Waals surface area (Å²) in [7, 11) is 0. The van der Waals surface area contributed by atoms with E-state index in [2.05, 4.69) is 0 Å². The molecular weight excluding hydrogens is 214 g/mol. The zero-order chi connectivity index (χ0) is 12.3. The van der Waals surface area contributed by atoms with Crippen molar-refractivity contribution in [2.75, 3.05) is 0 Å². The van der Waals surface area contributed by atoms with Crippen molar-refractivity contribution >= 4 is 0 Å². The molecule has 2 rings (SSSR count). The van der Waals surface area contributed by atoms with Crippen LogP contribution in [0.15, 0.2) is 34.7 Å². The number of hydrogen-bond donors (Lipinski definition) is 1. The van der Waals surface area contributed by atoms with Crippen molar-refractivity contribution in [1.82, 2.24) is 0 Å². The van der Waals surface area contributed by atoms with Crippen LogP contribution in [0.2, 0.25) is 0 Å². The maximum Gasteiger partial charge on any atom is 0.146 e. The lowest BCUT2D eigenvalue weighted by Gasteiger charge is -2.03. The fraction of sp³-hybridized carbons (Fsp3) is 0.286. The molecule has 3 heteroatoms. The Morgan fingerprint density at radius 3 is 2.47 bits per heavy atom. The third-order valence-electron chi connectivity index (χ3n) is 2.69. The van der Waals surface area contributed by atoms with Crippen LogP contribution < -0.4 is 10.5 Å². The highest BCUT2D eigenvalue weighted by Gasteiger charge is 2.06. The summed E-state index contributed by atoms with van der Waals surface area (Å²) in [5, 5.41) is 0. The molecule has 0 aliphatic carbocycles. The molecule has 3 nitrogen and oxygen atoms in total. The highest BCUT2D eigenvalue weighted by atomic mass is 16.5. The van der Waals surface area contributed by atoms with Crippen molar-refractivity contribution in [2.24, 2.45) is 5.73 Å². The first-order valence-corrected chi connectivity index (χ1v) is 5.67. The van der Waals surface area contributed by atoms with Gasteiger partial charge in [0.1, 0.15) is 23.9 Å². The van der Waals surface area contributed by atoms with E-state index in [0.717, 1.165) is 22.8 Å². The predicted octanol–water partition coefficient (Wildman–Crippen LogP) is 2.93. The van der Waals surface area contributed by atoms with Gasteiger partial charge < -0.3 is 14.9 Å². The molecule has 0 saturated heterocycles. The van der Waals surface area contributed by atoms with Crippen molar-refractivity contribution in [3.63, 3.8) is 0 Å². The summed E-state index contributed by atoms with van der Waals surface area (Å²) in [4.78, 5) is 0. The zero-order valence-electron chi connectivity index (χ0n) is 10.2. The van der Waals surface area contributed by atoms with E-state index in [1.165, 1.54) is 5.56 Å². The third-order valence-corrected chi connectivity index (χ3v) is 2.69. The topological polar surface area (TPSA) is 48.4 Å². The number of nitrogens with two attached hydrogens (primary N) is 1. The second-order valence-corrected chi connectivity index (χ2v) is 4.10. The van der Waals surface area contributed by atoms with E-state index in [1.54, 1.807) is 0 Å². The van der Waals surface area contributed by atoms with E-state index < -0.39 is 0 Å². The summed E-state index contributed by atoms with van der Waals surface area (Å²) in [5.41, 5.74) is 7.84. The van der Waals surface area contributed by atoms with Crippen LogP contribution in [-0.4, -0.2) is 0 Å². The van der Waals surface area contributed by atoms with Gasteiger partial charge in [-0.25, -0.2) is 0 Å². The molecule has 2 aromatic rings. The number of rotatable bonds is 4. The summed E-state index contributed by atoms with van der Waals surface area (Å²) in [5.74, 6) is 2.53. The van der Waals surface area contributed by atoms with Crippen molar-refractivity contribution in [1.29, 1.82) is 0 Å². The number of benzene rings is 1. The lowest BCUT2D eigenvalue weighted by Crippen LogP contribution is -1.96.